The summed E-state index contributed by atoms with van der Waals surface area (Å²) in [5.74, 6) is 0.701. The Morgan fingerprint density at radius 2 is 1.93 bits per heavy atom. The third-order valence-corrected chi connectivity index (χ3v) is 4.95. The maximum atomic E-state index is 12.5. The van der Waals surface area contributed by atoms with Gasteiger partial charge in [-0.05, 0) is 31.4 Å². The molecule has 9 heteroatoms. The second kappa shape index (κ2) is 7.71. The van der Waals surface area contributed by atoms with Crippen LogP contribution in [0.15, 0.2) is 45.0 Å². The number of hydrazone groups is 1. The lowest BCUT2D eigenvalue weighted by atomic mass is 10.1. The average molecular weight is 381 g/mol. The van der Waals surface area contributed by atoms with E-state index in [4.69, 9.17) is 0 Å². The summed E-state index contributed by atoms with van der Waals surface area (Å²) in [5, 5.41) is 4.26. The number of para-hydroxylation sites is 1. The number of benzene rings is 1. The number of H-pyrrole nitrogens is 1. The summed E-state index contributed by atoms with van der Waals surface area (Å²) in [6.45, 7) is 2.13. The van der Waals surface area contributed by atoms with Gasteiger partial charge in [0.2, 0.25) is 5.95 Å². The predicted molar refractivity (Wildman–Crippen MR) is 110 cm³/mol. The van der Waals surface area contributed by atoms with Gasteiger partial charge in [-0.1, -0.05) is 18.2 Å². The maximum Gasteiger partial charge on any atom is 0.329 e. The predicted octanol–water partition coefficient (Wildman–Crippen LogP) is 1.51. The molecule has 1 fully saturated rings. The van der Waals surface area contributed by atoms with Crippen molar-refractivity contribution in [3.05, 3.63) is 51.2 Å². The molecule has 0 radical (unpaired) electrons. The summed E-state index contributed by atoms with van der Waals surface area (Å²) in [6, 6.07) is 9.63. The van der Waals surface area contributed by atoms with Crippen molar-refractivity contribution in [1.29, 1.82) is 0 Å². The summed E-state index contributed by atoms with van der Waals surface area (Å²) < 4.78 is 3.20. The molecule has 0 aliphatic carbocycles. The summed E-state index contributed by atoms with van der Waals surface area (Å²) in [6.07, 6.45) is 5.06. The van der Waals surface area contributed by atoms with Crippen molar-refractivity contribution in [2.45, 2.75) is 25.8 Å². The number of imidazole rings is 1. The third-order valence-electron chi connectivity index (χ3n) is 4.95. The van der Waals surface area contributed by atoms with Crippen LogP contribution in [-0.4, -0.2) is 38.4 Å². The summed E-state index contributed by atoms with van der Waals surface area (Å²) >= 11 is 0. The molecule has 2 aromatic heterocycles. The average Bonchev–Trinajstić information content (AvgIpc) is 3.11. The van der Waals surface area contributed by atoms with E-state index in [0.29, 0.717) is 23.7 Å². The Morgan fingerprint density at radius 1 is 1.18 bits per heavy atom. The van der Waals surface area contributed by atoms with Gasteiger partial charge in [-0.2, -0.15) is 10.1 Å². The molecule has 1 aromatic carbocycles. The Labute approximate surface area is 161 Å². The number of nitrogens with zero attached hydrogens (tertiary/aromatic N) is 5. The SMILES string of the molecule is Cn1c(=O)[nH]c(=O)c2c1nc(N1CCCCC1)n2C/C=N/Nc1ccccc1. The van der Waals surface area contributed by atoms with Crippen molar-refractivity contribution in [1.82, 2.24) is 19.1 Å². The van der Waals surface area contributed by atoms with E-state index < -0.39 is 11.2 Å². The number of fused-ring (bicyclic) bond motifs is 1. The van der Waals surface area contributed by atoms with Crippen LogP contribution in [0.25, 0.3) is 11.2 Å². The molecule has 9 nitrogen and oxygen atoms in total. The minimum absolute atomic E-state index is 0.365. The number of aryl methyl sites for hydroxylation is 1. The Morgan fingerprint density at radius 3 is 2.68 bits per heavy atom. The Kier molecular flexibility index (Phi) is 4.96. The van der Waals surface area contributed by atoms with E-state index in [1.165, 1.54) is 11.0 Å². The molecule has 2 N–H and O–H groups in total. The first-order chi connectivity index (χ1) is 13.6. The number of nitrogens with one attached hydrogen (secondary N) is 2. The molecule has 3 aromatic rings. The van der Waals surface area contributed by atoms with Crippen LogP contribution in [0.2, 0.25) is 0 Å². The Hall–Kier alpha value is -3.36. The highest BCUT2D eigenvalue weighted by Gasteiger charge is 2.22. The van der Waals surface area contributed by atoms with Gasteiger partial charge in [0.25, 0.3) is 5.56 Å². The van der Waals surface area contributed by atoms with Crippen LogP contribution in [-0.2, 0) is 13.6 Å². The highest BCUT2D eigenvalue weighted by Crippen LogP contribution is 2.22. The van der Waals surface area contributed by atoms with Gasteiger partial charge in [0.05, 0.1) is 12.2 Å². The zero-order valence-electron chi connectivity index (χ0n) is 15.8. The molecule has 28 heavy (non-hydrogen) atoms. The molecule has 1 saturated heterocycles. The second-order valence-electron chi connectivity index (χ2n) is 6.85. The topological polar surface area (TPSA) is 100 Å². The van der Waals surface area contributed by atoms with Crippen LogP contribution >= 0.6 is 0 Å². The zero-order valence-corrected chi connectivity index (χ0v) is 15.8. The first-order valence-corrected chi connectivity index (χ1v) is 9.42. The third kappa shape index (κ3) is 3.42. The van der Waals surface area contributed by atoms with Crippen molar-refractivity contribution in [3.63, 3.8) is 0 Å². The quantitative estimate of drug-likeness (QED) is 0.515. The molecule has 0 spiro atoms. The van der Waals surface area contributed by atoms with Crippen LogP contribution in [0.3, 0.4) is 0 Å². The molecule has 1 aliphatic heterocycles. The van der Waals surface area contributed by atoms with Gasteiger partial charge in [0.1, 0.15) is 0 Å². The number of aromatic amines is 1. The van der Waals surface area contributed by atoms with Crippen LogP contribution in [0.1, 0.15) is 19.3 Å². The van der Waals surface area contributed by atoms with Gasteiger partial charge in [-0.3, -0.25) is 24.3 Å². The molecule has 1 aliphatic rings. The molecule has 0 atom stereocenters. The molecule has 0 unspecified atom stereocenters. The number of anilines is 2. The minimum Gasteiger partial charge on any atom is -0.342 e. The van der Waals surface area contributed by atoms with Crippen LogP contribution < -0.4 is 21.6 Å². The van der Waals surface area contributed by atoms with E-state index in [9.17, 15) is 9.59 Å². The maximum absolute atomic E-state index is 12.5. The zero-order chi connectivity index (χ0) is 19.5. The second-order valence-corrected chi connectivity index (χ2v) is 6.85. The molecule has 4 rings (SSSR count). The van der Waals surface area contributed by atoms with Crippen molar-refractivity contribution >= 4 is 29.0 Å². The molecule has 0 saturated carbocycles. The lowest BCUT2D eigenvalue weighted by molar-refractivity contribution is 0.562. The molecule has 146 valence electrons. The Bertz CT molecular complexity index is 1100. The lowest BCUT2D eigenvalue weighted by Gasteiger charge is -2.27. The van der Waals surface area contributed by atoms with Gasteiger partial charge < -0.3 is 4.90 Å². The largest absolute Gasteiger partial charge is 0.342 e. The first kappa shape index (κ1) is 18.0. The molecule has 0 bridgehead atoms. The molecule has 0 amide bonds. The summed E-state index contributed by atoms with van der Waals surface area (Å²) in [5.41, 5.74) is 3.72. The molecule has 3 heterocycles. The van der Waals surface area contributed by atoms with E-state index in [1.807, 2.05) is 34.9 Å². The Balaban J connectivity index is 1.71. The first-order valence-electron chi connectivity index (χ1n) is 9.42. The number of aromatic nitrogens is 4. The number of rotatable bonds is 5. The fourth-order valence-electron chi connectivity index (χ4n) is 3.49. The molecular formula is C19H23N7O2. The van der Waals surface area contributed by atoms with Crippen molar-refractivity contribution in [2.24, 2.45) is 12.1 Å². The smallest absolute Gasteiger partial charge is 0.329 e. The van der Waals surface area contributed by atoms with Gasteiger partial charge in [-0.15, -0.1) is 0 Å². The van der Waals surface area contributed by atoms with E-state index in [1.54, 1.807) is 13.3 Å². The highest BCUT2D eigenvalue weighted by molar-refractivity contribution is 5.76. The number of hydrogen-bond acceptors (Lipinski definition) is 6. The fraction of sp³-hybridized carbons (Fsp3) is 0.368. The normalized spacial score (nSPS) is 14.8. The van der Waals surface area contributed by atoms with E-state index in [0.717, 1.165) is 31.6 Å². The van der Waals surface area contributed by atoms with Crippen LogP contribution in [0.5, 0.6) is 0 Å². The van der Waals surface area contributed by atoms with Crippen molar-refractivity contribution in [3.8, 4) is 0 Å². The fourth-order valence-corrected chi connectivity index (χ4v) is 3.49. The van der Waals surface area contributed by atoms with Crippen LogP contribution in [0, 0.1) is 0 Å². The van der Waals surface area contributed by atoms with Crippen LogP contribution in [0.4, 0.5) is 11.6 Å². The lowest BCUT2D eigenvalue weighted by Crippen LogP contribution is -2.32. The van der Waals surface area contributed by atoms with E-state index in [2.05, 4.69) is 25.4 Å². The summed E-state index contributed by atoms with van der Waals surface area (Å²) in [7, 11) is 1.61. The number of hydrogen-bond donors (Lipinski definition) is 2. The van der Waals surface area contributed by atoms with Gasteiger partial charge in [0, 0.05) is 26.4 Å². The van der Waals surface area contributed by atoms with Crippen molar-refractivity contribution < 1.29 is 0 Å². The van der Waals surface area contributed by atoms with E-state index >= 15 is 0 Å². The van der Waals surface area contributed by atoms with E-state index in [-0.39, 0.29) is 0 Å². The monoisotopic (exact) mass is 381 g/mol. The van der Waals surface area contributed by atoms with Crippen molar-refractivity contribution in [2.75, 3.05) is 23.4 Å². The minimum atomic E-state index is -0.466. The number of piperidine rings is 1. The van der Waals surface area contributed by atoms with Gasteiger partial charge in [0.15, 0.2) is 11.2 Å². The summed E-state index contributed by atoms with van der Waals surface area (Å²) in [4.78, 5) is 33.7. The van der Waals surface area contributed by atoms with Gasteiger partial charge in [-0.25, -0.2) is 4.79 Å². The standard InChI is InChI=1S/C19H23N7O2/c1-24-16-15(17(27)22-19(24)28)26(18(21-16)25-11-6-3-7-12-25)13-10-20-23-14-8-4-2-5-9-14/h2,4-5,8-10,23H,3,6-7,11-13H2,1H3,(H,22,27,28)/b20-10+. The highest BCUT2D eigenvalue weighted by atomic mass is 16.2. The van der Waals surface area contributed by atoms with Gasteiger partial charge >= 0.3 is 5.69 Å². The molecular weight excluding hydrogens is 358 g/mol.